The third-order valence-corrected chi connectivity index (χ3v) is 6.72. The van der Waals surface area contributed by atoms with Gasteiger partial charge in [-0.25, -0.2) is 5.01 Å². The molecular weight excluding hydrogens is 418 g/mol. The van der Waals surface area contributed by atoms with Crippen molar-refractivity contribution >= 4 is 11.6 Å². The molecule has 2 N–H and O–H groups in total. The second-order valence-corrected chi connectivity index (χ2v) is 8.95. The fraction of sp³-hybridized carbons (Fsp3) is 0.385. The molecule has 1 saturated heterocycles. The summed E-state index contributed by atoms with van der Waals surface area (Å²) in [5.74, 6) is -0.510. The lowest BCUT2D eigenvalue weighted by Gasteiger charge is -2.37. The van der Waals surface area contributed by atoms with Crippen LogP contribution in [0, 0.1) is 11.8 Å². The summed E-state index contributed by atoms with van der Waals surface area (Å²) >= 11 is 0. The molecule has 172 valence electrons. The molecule has 2 unspecified atom stereocenters. The maximum absolute atomic E-state index is 13.3. The average Bonchev–Trinajstić information content (AvgIpc) is 2.84. The Balaban J connectivity index is 1.37. The number of benzene rings is 2. The summed E-state index contributed by atoms with van der Waals surface area (Å²) < 4.78 is 5.42. The monoisotopic (exact) mass is 447 g/mol. The molecule has 0 saturated carbocycles. The number of carbonyl (C=O) groups is 1. The highest BCUT2D eigenvalue weighted by atomic mass is 16.5. The van der Waals surface area contributed by atoms with E-state index in [1.54, 1.807) is 11.1 Å². The second kappa shape index (κ2) is 9.37. The molecule has 0 bridgehead atoms. The number of hydrogen-bond donors (Lipinski definition) is 2. The first kappa shape index (κ1) is 21.7. The van der Waals surface area contributed by atoms with Crippen LogP contribution in [0.2, 0.25) is 0 Å². The number of carbonyl (C=O) groups excluding carboxylic acids is 1. The average molecular weight is 448 g/mol. The number of aromatic hydroxyl groups is 2. The van der Waals surface area contributed by atoms with Crippen molar-refractivity contribution in [3.05, 3.63) is 71.3 Å². The number of rotatable bonds is 5. The van der Waals surface area contributed by atoms with Gasteiger partial charge >= 0.3 is 0 Å². The first-order valence-electron chi connectivity index (χ1n) is 11.5. The van der Waals surface area contributed by atoms with E-state index < -0.39 is 0 Å². The lowest BCUT2D eigenvalue weighted by molar-refractivity contribution is -0.138. The Labute approximate surface area is 193 Å². The van der Waals surface area contributed by atoms with E-state index in [9.17, 15) is 15.0 Å². The predicted octanol–water partition coefficient (Wildman–Crippen LogP) is 3.26. The van der Waals surface area contributed by atoms with Gasteiger partial charge < -0.3 is 14.9 Å². The second-order valence-electron chi connectivity index (χ2n) is 8.95. The molecule has 2 aromatic carbocycles. The molecule has 1 fully saturated rings. The van der Waals surface area contributed by atoms with E-state index in [4.69, 9.17) is 9.84 Å². The maximum Gasteiger partial charge on any atom is 0.247 e. The van der Waals surface area contributed by atoms with E-state index in [1.807, 2.05) is 0 Å². The summed E-state index contributed by atoms with van der Waals surface area (Å²) in [4.78, 5) is 15.7. The minimum atomic E-state index is -0.183. The molecule has 0 aromatic heterocycles. The number of ether oxygens (including phenoxy) is 1. The van der Waals surface area contributed by atoms with Crippen LogP contribution in [0.25, 0.3) is 0 Å². The quantitative estimate of drug-likeness (QED) is 0.543. The Morgan fingerprint density at radius 2 is 1.55 bits per heavy atom. The molecule has 7 heteroatoms. The van der Waals surface area contributed by atoms with E-state index in [-0.39, 0.29) is 29.2 Å². The van der Waals surface area contributed by atoms with Gasteiger partial charge in [-0.15, -0.1) is 0 Å². The van der Waals surface area contributed by atoms with E-state index in [2.05, 4.69) is 41.3 Å². The van der Waals surface area contributed by atoms with Gasteiger partial charge in [-0.05, 0) is 42.2 Å². The van der Waals surface area contributed by atoms with Gasteiger partial charge in [0.15, 0.2) is 11.5 Å². The summed E-state index contributed by atoms with van der Waals surface area (Å²) in [6, 6.07) is 13.1. The van der Waals surface area contributed by atoms with Crippen LogP contribution < -0.4 is 0 Å². The molecule has 1 amide bonds. The summed E-state index contributed by atoms with van der Waals surface area (Å²) in [5, 5.41) is 26.0. The van der Waals surface area contributed by atoms with E-state index in [0.29, 0.717) is 13.0 Å². The van der Waals surface area contributed by atoms with E-state index >= 15 is 0 Å². The topological polar surface area (TPSA) is 85.6 Å². The number of hydrazone groups is 1. The van der Waals surface area contributed by atoms with Gasteiger partial charge in [-0.2, -0.15) is 5.10 Å². The molecule has 5 rings (SSSR count). The molecule has 2 aliphatic heterocycles. The first-order valence-corrected chi connectivity index (χ1v) is 11.5. The van der Waals surface area contributed by atoms with E-state index in [0.717, 1.165) is 56.1 Å². The number of phenols is 2. The number of nitrogens with zero attached hydrogens (tertiary/aromatic N) is 3. The third-order valence-electron chi connectivity index (χ3n) is 6.72. The molecule has 0 radical (unpaired) electrons. The summed E-state index contributed by atoms with van der Waals surface area (Å²) in [6.07, 6.45) is 5.57. The highest BCUT2D eigenvalue weighted by molar-refractivity contribution is 6.07. The van der Waals surface area contributed by atoms with Crippen LogP contribution in [0.3, 0.4) is 0 Å². The van der Waals surface area contributed by atoms with Gasteiger partial charge in [-0.1, -0.05) is 36.4 Å². The standard InChI is InChI=1S/C26H29N3O4/c30-23-10-9-20(15-24(23)31)25-21-3-1-2-4-22(21)26(32)29(27-25)17-19-7-5-18(6-8-19)16-28-11-13-33-14-12-28/h1-2,5-10,15,21-22,30-31H,3-4,11-14,16-17H2. The normalized spacial score (nSPS) is 23.3. The zero-order valence-corrected chi connectivity index (χ0v) is 18.6. The predicted molar refractivity (Wildman–Crippen MR) is 125 cm³/mol. The number of allylic oxidation sites excluding steroid dienone is 2. The Bertz CT molecular complexity index is 1070. The van der Waals surface area contributed by atoms with Crippen molar-refractivity contribution < 1.29 is 19.7 Å². The van der Waals surface area contributed by atoms with E-state index in [1.165, 1.54) is 17.7 Å². The van der Waals surface area contributed by atoms with Crippen LogP contribution in [0.15, 0.2) is 59.7 Å². The van der Waals surface area contributed by atoms with Gasteiger partial charge in [-0.3, -0.25) is 9.69 Å². The SMILES string of the molecule is O=C1C2CC=CCC2C(c2ccc(O)c(O)c2)=NN1Cc1ccc(CN2CCOCC2)cc1. The fourth-order valence-electron chi connectivity index (χ4n) is 4.84. The minimum Gasteiger partial charge on any atom is -0.504 e. The van der Waals surface area contributed by atoms with Crippen molar-refractivity contribution in [2.24, 2.45) is 16.9 Å². The summed E-state index contributed by atoms with van der Waals surface area (Å²) in [7, 11) is 0. The minimum absolute atomic E-state index is 0.0291. The number of hydrogen-bond acceptors (Lipinski definition) is 6. The first-order chi connectivity index (χ1) is 16.1. The van der Waals surface area contributed by atoms with Crippen molar-refractivity contribution in [1.82, 2.24) is 9.91 Å². The zero-order valence-electron chi connectivity index (χ0n) is 18.6. The largest absolute Gasteiger partial charge is 0.504 e. The van der Waals surface area contributed by atoms with Gasteiger partial charge in [0, 0.05) is 31.1 Å². The molecule has 0 spiro atoms. The molecule has 2 aromatic rings. The van der Waals surface area contributed by atoms with Crippen LogP contribution in [-0.2, 0) is 22.6 Å². The zero-order chi connectivity index (χ0) is 22.8. The Kier molecular flexibility index (Phi) is 6.15. The fourth-order valence-corrected chi connectivity index (χ4v) is 4.84. The van der Waals surface area contributed by atoms with Crippen molar-refractivity contribution in [3.63, 3.8) is 0 Å². The smallest absolute Gasteiger partial charge is 0.247 e. The van der Waals surface area contributed by atoms with Crippen LogP contribution in [0.5, 0.6) is 11.5 Å². The number of phenolic OH excluding ortho intramolecular Hbond substituents is 2. The molecule has 2 heterocycles. The van der Waals surface area contributed by atoms with Crippen LogP contribution in [-0.4, -0.2) is 58.0 Å². The molecule has 33 heavy (non-hydrogen) atoms. The van der Waals surface area contributed by atoms with Gasteiger partial charge in [0.25, 0.3) is 0 Å². The van der Waals surface area contributed by atoms with Gasteiger partial charge in [0.05, 0.1) is 31.4 Å². The van der Waals surface area contributed by atoms with Crippen LogP contribution in [0.4, 0.5) is 0 Å². The van der Waals surface area contributed by atoms with Gasteiger partial charge in [0.1, 0.15) is 0 Å². The lowest BCUT2D eigenvalue weighted by atomic mass is 9.76. The summed E-state index contributed by atoms with van der Waals surface area (Å²) in [6.45, 7) is 4.76. The number of fused-ring (bicyclic) bond motifs is 1. The van der Waals surface area contributed by atoms with Crippen molar-refractivity contribution in [2.45, 2.75) is 25.9 Å². The Morgan fingerprint density at radius 1 is 0.879 bits per heavy atom. The van der Waals surface area contributed by atoms with Crippen LogP contribution >= 0.6 is 0 Å². The Hall–Kier alpha value is -3.16. The van der Waals surface area contributed by atoms with Crippen LogP contribution in [0.1, 0.15) is 29.5 Å². The van der Waals surface area contributed by atoms with Gasteiger partial charge in [0.2, 0.25) is 5.91 Å². The molecule has 2 atom stereocenters. The maximum atomic E-state index is 13.3. The van der Waals surface area contributed by atoms with Crippen molar-refractivity contribution in [2.75, 3.05) is 26.3 Å². The third kappa shape index (κ3) is 4.65. The molecule has 3 aliphatic rings. The Morgan fingerprint density at radius 3 is 2.24 bits per heavy atom. The molecule has 7 nitrogen and oxygen atoms in total. The molecular formula is C26H29N3O4. The summed E-state index contributed by atoms with van der Waals surface area (Å²) in [5.41, 5.74) is 3.78. The molecule has 1 aliphatic carbocycles. The number of morpholine rings is 1. The van der Waals surface area contributed by atoms with Crippen molar-refractivity contribution in [1.29, 1.82) is 0 Å². The lowest BCUT2D eigenvalue weighted by Crippen LogP contribution is -2.45. The van der Waals surface area contributed by atoms with Crippen molar-refractivity contribution in [3.8, 4) is 11.5 Å². The highest BCUT2D eigenvalue weighted by Gasteiger charge is 2.40. The number of amides is 1. The highest BCUT2D eigenvalue weighted by Crippen LogP contribution is 2.36.